The molecule has 0 fully saturated rings. The third-order valence-corrected chi connectivity index (χ3v) is 3.84. The highest BCUT2D eigenvalue weighted by Gasteiger charge is 2.24. The van der Waals surface area contributed by atoms with Gasteiger partial charge in [-0.3, -0.25) is 4.48 Å². The van der Waals surface area contributed by atoms with Crippen LogP contribution in [0.3, 0.4) is 0 Å². The fourth-order valence-electron chi connectivity index (χ4n) is 1.98. The van der Waals surface area contributed by atoms with Gasteiger partial charge in [-0.25, -0.2) is 0 Å². The Labute approximate surface area is 154 Å². The molecule has 0 heterocycles. The van der Waals surface area contributed by atoms with Crippen LogP contribution in [0, 0.1) is 0 Å². The van der Waals surface area contributed by atoms with Gasteiger partial charge in [-0.2, -0.15) is 10.2 Å². The van der Waals surface area contributed by atoms with Crippen molar-refractivity contribution in [2.45, 2.75) is 13.2 Å². The highest BCUT2D eigenvalue weighted by molar-refractivity contribution is 5.42. The molecule has 0 amide bonds. The third kappa shape index (κ3) is 6.03. The van der Waals surface area contributed by atoms with Gasteiger partial charge in [-0.1, -0.05) is 18.2 Å². The lowest BCUT2D eigenvalue weighted by Gasteiger charge is -2.35. The number of azo groups is 1. The van der Waals surface area contributed by atoms with E-state index in [0.29, 0.717) is 11.0 Å². The first-order chi connectivity index (χ1) is 11.0. The summed E-state index contributed by atoms with van der Waals surface area (Å²) in [5.74, 6) is 0.778. The maximum atomic E-state index is 9.11. The SMILES string of the molecule is CC(Oc1ccc(N=Nc2ccccc2)cc1)[N+](C)(C)CCO.[Br-]. The van der Waals surface area contributed by atoms with Crippen molar-refractivity contribution in [3.05, 3.63) is 54.6 Å². The Kier molecular flexibility index (Phi) is 8.04. The summed E-state index contributed by atoms with van der Waals surface area (Å²) in [6, 6.07) is 17.1. The van der Waals surface area contributed by atoms with Gasteiger partial charge < -0.3 is 26.8 Å². The largest absolute Gasteiger partial charge is 1.00 e. The van der Waals surface area contributed by atoms with Gasteiger partial charge in [0.05, 0.1) is 32.1 Å². The molecular formula is C18H24BrN3O2. The van der Waals surface area contributed by atoms with E-state index in [1.54, 1.807) is 0 Å². The van der Waals surface area contributed by atoms with E-state index in [4.69, 9.17) is 9.84 Å². The van der Waals surface area contributed by atoms with Crippen LogP contribution in [0.2, 0.25) is 0 Å². The molecule has 0 aliphatic rings. The second kappa shape index (κ2) is 9.52. The number of quaternary nitrogens is 1. The summed E-state index contributed by atoms with van der Waals surface area (Å²) in [5, 5.41) is 17.5. The summed E-state index contributed by atoms with van der Waals surface area (Å²) in [6.45, 7) is 2.78. The van der Waals surface area contributed by atoms with Crippen molar-refractivity contribution >= 4 is 11.4 Å². The van der Waals surface area contributed by atoms with Gasteiger partial charge in [0.25, 0.3) is 0 Å². The fraction of sp³-hybridized carbons (Fsp3) is 0.333. The maximum Gasteiger partial charge on any atom is 0.230 e. The van der Waals surface area contributed by atoms with E-state index < -0.39 is 0 Å². The average Bonchev–Trinajstić information content (AvgIpc) is 2.55. The lowest BCUT2D eigenvalue weighted by Crippen LogP contribution is -3.00. The molecule has 2 rings (SSSR count). The molecule has 0 saturated heterocycles. The molecule has 0 radical (unpaired) electrons. The van der Waals surface area contributed by atoms with Crippen molar-refractivity contribution in [3.8, 4) is 5.75 Å². The lowest BCUT2D eigenvalue weighted by atomic mass is 10.3. The number of rotatable bonds is 7. The van der Waals surface area contributed by atoms with E-state index in [1.807, 2.05) is 75.6 Å². The molecule has 1 N–H and O–H groups in total. The molecule has 130 valence electrons. The second-order valence-corrected chi connectivity index (χ2v) is 5.97. The minimum Gasteiger partial charge on any atom is -1.00 e. The summed E-state index contributed by atoms with van der Waals surface area (Å²) in [5.41, 5.74) is 1.60. The summed E-state index contributed by atoms with van der Waals surface area (Å²) in [4.78, 5) is 0. The van der Waals surface area contributed by atoms with Crippen LogP contribution in [0.25, 0.3) is 0 Å². The van der Waals surface area contributed by atoms with Crippen molar-refractivity contribution in [2.75, 3.05) is 27.2 Å². The quantitative estimate of drug-likeness (QED) is 0.431. The van der Waals surface area contributed by atoms with E-state index in [1.165, 1.54) is 0 Å². The van der Waals surface area contributed by atoms with Gasteiger partial charge in [0.1, 0.15) is 12.3 Å². The van der Waals surface area contributed by atoms with Gasteiger partial charge in [-0.05, 0) is 36.4 Å². The Morgan fingerprint density at radius 2 is 1.50 bits per heavy atom. The standard InChI is InChI=1S/C18H24N3O2.BrH/c1-15(21(2,3)13-14-22)23-18-11-9-17(10-12-18)20-19-16-7-5-4-6-8-16;/h4-12,15,22H,13-14H2,1-3H3;1H/q+1;/p-1. The zero-order valence-corrected chi connectivity index (χ0v) is 15.8. The maximum absolute atomic E-state index is 9.11. The predicted molar refractivity (Wildman–Crippen MR) is 91.2 cm³/mol. The Bertz CT molecular complexity index is 630. The summed E-state index contributed by atoms with van der Waals surface area (Å²) < 4.78 is 6.53. The van der Waals surface area contributed by atoms with Gasteiger partial charge >= 0.3 is 0 Å². The van der Waals surface area contributed by atoms with E-state index in [9.17, 15) is 0 Å². The van der Waals surface area contributed by atoms with Crippen LogP contribution in [0.1, 0.15) is 6.92 Å². The van der Waals surface area contributed by atoms with Crippen LogP contribution in [-0.2, 0) is 0 Å². The van der Waals surface area contributed by atoms with Gasteiger partial charge in [0.15, 0.2) is 0 Å². The Morgan fingerprint density at radius 1 is 0.958 bits per heavy atom. The normalized spacial score (nSPS) is 12.7. The number of likely N-dealkylation sites (N-methyl/N-ethyl adjacent to an activating group) is 1. The number of hydrogen-bond acceptors (Lipinski definition) is 4. The molecule has 24 heavy (non-hydrogen) atoms. The van der Waals surface area contributed by atoms with Crippen LogP contribution in [0.5, 0.6) is 5.75 Å². The molecule has 0 bridgehead atoms. The highest BCUT2D eigenvalue weighted by atomic mass is 79.9. The summed E-state index contributed by atoms with van der Waals surface area (Å²) in [7, 11) is 4.06. The molecule has 2 aromatic rings. The Hall–Kier alpha value is -1.76. The molecule has 0 saturated carbocycles. The summed E-state index contributed by atoms with van der Waals surface area (Å²) in [6.07, 6.45) is -0.0565. The van der Waals surface area contributed by atoms with Crippen LogP contribution in [0.15, 0.2) is 64.8 Å². The van der Waals surface area contributed by atoms with Gasteiger partial charge in [0.2, 0.25) is 6.23 Å². The van der Waals surface area contributed by atoms with Crippen molar-refractivity contribution < 1.29 is 31.3 Å². The zero-order valence-electron chi connectivity index (χ0n) is 14.3. The third-order valence-electron chi connectivity index (χ3n) is 3.84. The number of benzene rings is 2. The first kappa shape index (κ1) is 20.3. The fourth-order valence-corrected chi connectivity index (χ4v) is 1.98. The number of nitrogens with zero attached hydrogens (tertiary/aromatic N) is 3. The molecule has 0 aliphatic carbocycles. The molecule has 5 nitrogen and oxygen atoms in total. The van der Waals surface area contributed by atoms with Crippen LogP contribution in [0.4, 0.5) is 11.4 Å². The first-order valence-corrected chi connectivity index (χ1v) is 7.68. The minimum absolute atomic E-state index is 0. The number of halogens is 1. The number of aliphatic hydroxyl groups is 1. The molecule has 1 unspecified atom stereocenters. The minimum atomic E-state index is -0.0565. The van der Waals surface area contributed by atoms with Crippen LogP contribution in [-0.4, -0.2) is 43.1 Å². The molecule has 1 atom stereocenters. The topological polar surface area (TPSA) is 54.2 Å². The van der Waals surface area contributed by atoms with Crippen LogP contribution < -0.4 is 21.7 Å². The average molecular weight is 394 g/mol. The Balaban J connectivity index is 0.00000288. The van der Waals surface area contributed by atoms with Crippen molar-refractivity contribution in [1.82, 2.24) is 0 Å². The molecule has 2 aromatic carbocycles. The smallest absolute Gasteiger partial charge is 0.230 e. The molecule has 0 aliphatic heterocycles. The van der Waals surface area contributed by atoms with E-state index in [0.717, 1.165) is 17.1 Å². The monoisotopic (exact) mass is 393 g/mol. The van der Waals surface area contributed by atoms with Gasteiger partial charge in [0, 0.05) is 6.92 Å². The molecule has 0 spiro atoms. The number of aliphatic hydroxyl groups excluding tert-OH is 1. The van der Waals surface area contributed by atoms with Gasteiger partial charge in [-0.15, -0.1) is 0 Å². The predicted octanol–water partition coefficient (Wildman–Crippen LogP) is 0.900. The number of hydrogen-bond donors (Lipinski definition) is 1. The first-order valence-electron chi connectivity index (χ1n) is 7.68. The Morgan fingerprint density at radius 3 is 2.04 bits per heavy atom. The summed E-state index contributed by atoms with van der Waals surface area (Å²) >= 11 is 0. The van der Waals surface area contributed by atoms with E-state index in [2.05, 4.69) is 10.2 Å². The van der Waals surface area contributed by atoms with E-state index >= 15 is 0 Å². The van der Waals surface area contributed by atoms with Crippen LogP contribution >= 0.6 is 0 Å². The zero-order chi connectivity index (χ0) is 16.7. The second-order valence-electron chi connectivity index (χ2n) is 5.97. The van der Waals surface area contributed by atoms with Crippen molar-refractivity contribution in [2.24, 2.45) is 10.2 Å². The number of ether oxygens (including phenoxy) is 1. The highest BCUT2D eigenvalue weighted by Crippen LogP contribution is 2.22. The lowest BCUT2D eigenvalue weighted by molar-refractivity contribution is -0.931. The molecule has 6 heteroatoms. The molecular weight excluding hydrogens is 370 g/mol. The van der Waals surface area contributed by atoms with E-state index in [-0.39, 0.29) is 29.8 Å². The van der Waals surface area contributed by atoms with Crippen molar-refractivity contribution in [1.29, 1.82) is 0 Å². The molecule has 0 aromatic heterocycles. The van der Waals surface area contributed by atoms with Crippen molar-refractivity contribution in [3.63, 3.8) is 0 Å².